The van der Waals surface area contributed by atoms with Gasteiger partial charge in [-0.25, -0.2) is 0 Å². The van der Waals surface area contributed by atoms with Gasteiger partial charge in [0.25, 0.3) is 5.69 Å². The third-order valence-corrected chi connectivity index (χ3v) is 3.97. The van der Waals surface area contributed by atoms with Gasteiger partial charge in [0.15, 0.2) is 0 Å². The molecule has 6 heteroatoms. The minimum atomic E-state index is -1.09. The van der Waals surface area contributed by atoms with Gasteiger partial charge in [-0.3, -0.25) is 14.3 Å². The van der Waals surface area contributed by atoms with E-state index >= 15 is 0 Å². The summed E-state index contributed by atoms with van der Waals surface area (Å²) < 4.78 is 17.2. The molecule has 0 N–H and O–H groups in total. The Hall–Kier alpha value is -2.21. The first-order valence-electron chi connectivity index (χ1n) is 6.25. The summed E-state index contributed by atoms with van der Waals surface area (Å²) in [6.07, 6.45) is 1.60. The van der Waals surface area contributed by atoms with E-state index in [2.05, 4.69) is 0 Å². The average Bonchev–Trinajstić information content (AvgIpc) is 2.42. The van der Waals surface area contributed by atoms with E-state index in [0.29, 0.717) is 27.5 Å². The molecule has 21 heavy (non-hydrogen) atoms. The molecular weight excluding hydrogens is 290 g/mol. The van der Waals surface area contributed by atoms with Gasteiger partial charge < -0.3 is 4.74 Å². The van der Waals surface area contributed by atoms with Crippen molar-refractivity contribution in [1.82, 2.24) is 0 Å². The van der Waals surface area contributed by atoms with Crippen molar-refractivity contribution in [1.29, 1.82) is 0 Å². The molecule has 5 nitrogen and oxygen atoms in total. The van der Waals surface area contributed by atoms with Crippen LogP contribution in [0, 0.1) is 24.0 Å². The Kier molecular flexibility index (Phi) is 4.37. The van der Waals surface area contributed by atoms with Crippen LogP contribution in [0.5, 0.6) is 11.5 Å². The Labute approximate surface area is 125 Å². The van der Waals surface area contributed by atoms with Crippen molar-refractivity contribution in [3.8, 4) is 11.5 Å². The van der Waals surface area contributed by atoms with Crippen molar-refractivity contribution in [3.63, 3.8) is 0 Å². The summed E-state index contributed by atoms with van der Waals surface area (Å²) in [5, 5.41) is 10.9. The molecule has 110 valence electrons. The minimum absolute atomic E-state index is 0.0725. The summed E-state index contributed by atoms with van der Waals surface area (Å²) in [5.74, 6) is 1.11. The van der Waals surface area contributed by atoms with Gasteiger partial charge in [-0.15, -0.1) is 0 Å². The van der Waals surface area contributed by atoms with Crippen LogP contribution in [0.25, 0.3) is 0 Å². The molecule has 0 aromatic heterocycles. The lowest BCUT2D eigenvalue weighted by molar-refractivity contribution is -0.385. The van der Waals surface area contributed by atoms with Gasteiger partial charge in [-0.05, 0) is 43.7 Å². The molecule has 0 saturated carbocycles. The maximum Gasteiger partial charge on any atom is 0.272 e. The Morgan fingerprint density at radius 1 is 1.14 bits per heavy atom. The highest BCUT2D eigenvalue weighted by atomic mass is 32.2. The van der Waals surface area contributed by atoms with Gasteiger partial charge in [-0.1, -0.05) is 6.07 Å². The summed E-state index contributed by atoms with van der Waals surface area (Å²) >= 11 is 0. The summed E-state index contributed by atoms with van der Waals surface area (Å²) in [6, 6.07) is 10.1. The standard InChI is InChI=1S/C15H15NO4S/c1-10-8-15(11(2)7-14(10)16(17)18)20-12-5-4-6-13(9-12)21(3)19/h4-9H,1-3H3. The van der Waals surface area contributed by atoms with Crippen molar-refractivity contribution in [2.75, 3.05) is 6.26 Å². The van der Waals surface area contributed by atoms with Crippen LogP contribution < -0.4 is 4.74 Å². The Morgan fingerprint density at radius 3 is 2.48 bits per heavy atom. The predicted molar refractivity (Wildman–Crippen MR) is 81.4 cm³/mol. The van der Waals surface area contributed by atoms with E-state index in [-0.39, 0.29) is 5.69 Å². The summed E-state index contributed by atoms with van der Waals surface area (Å²) in [6.45, 7) is 3.42. The number of hydrogen-bond donors (Lipinski definition) is 0. The minimum Gasteiger partial charge on any atom is -0.457 e. The third-order valence-electron chi connectivity index (χ3n) is 3.06. The van der Waals surface area contributed by atoms with E-state index in [1.165, 1.54) is 6.07 Å². The molecule has 0 bridgehead atoms. The molecule has 0 amide bonds. The van der Waals surface area contributed by atoms with Gasteiger partial charge >= 0.3 is 0 Å². The number of nitrogens with zero attached hydrogens (tertiary/aromatic N) is 1. The van der Waals surface area contributed by atoms with Crippen LogP contribution in [-0.4, -0.2) is 15.4 Å². The molecule has 2 rings (SSSR count). The number of aryl methyl sites for hydroxylation is 2. The fourth-order valence-corrected chi connectivity index (χ4v) is 2.48. The lowest BCUT2D eigenvalue weighted by atomic mass is 10.1. The zero-order chi connectivity index (χ0) is 15.6. The molecule has 0 fully saturated rings. The highest BCUT2D eigenvalue weighted by molar-refractivity contribution is 7.84. The second-order valence-electron chi connectivity index (χ2n) is 4.69. The smallest absolute Gasteiger partial charge is 0.272 e. The molecule has 0 aliphatic rings. The average molecular weight is 305 g/mol. The van der Waals surface area contributed by atoms with Crippen molar-refractivity contribution in [2.24, 2.45) is 0 Å². The second-order valence-corrected chi connectivity index (χ2v) is 6.07. The van der Waals surface area contributed by atoms with Gasteiger partial charge in [0.05, 0.1) is 4.92 Å². The van der Waals surface area contributed by atoms with Gasteiger partial charge in [0.2, 0.25) is 0 Å². The zero-order valence-electron chi connectivity index (χ0n) is 12.0. The molecule has 1 unspecified atom stereocenters. The highest BCUT2D eigenvalue weighted by Gasteiger charge is 2.14. The molecule has 2 aromatic rings. The summed E-state index contributed by atoms with van der Waals surface area (Å²) in [7, 11) is -1.09. The van der Waals surface area contributed by atoms with E-state index in [9.17, 15) is 14.3 Å². The largest absolute Gasteiger partial charge is 0.457 e. The van der Waals surface area contributed by atoms with E-state index in [4.69, 9.17) is 4.74 Å². The molecule has 0 heterocycles. The maximum absolute atomic E-state index is 11.5. The summed E-state index contributed by atoms with van der Waals surface area (Å²) in [4.78, 5) is 11.2. The first-order valence-corrected chi connectivity index (χ1v) is 7.81. The number of hydrogen-bond acceptors (Lipinski definition) is 4. The van der Waals surface area contributed by atoms with Gasteiger partial charge in [0, 0.05) is 33.6 Å². The maximum atomic E-state index is 11.5. The van der Waals surface area contributed by atoms with E-state index < -0.39 is 15.7 Å². The molecule has 0 radical (unpaired) electrons. The first-order chi connectivity index (χ1) is 9.88. The van der Waals surface area contributed by atoms with Crippen LogP contribution in [-0.2, 0) is 10.8 Å². The van der Waals surface area contributed by atoms with Gasteiger partial charge in [0.1, 0.15) is 11.5 Å². The zero-order valence-corrected chi connectivity index (χ0v) is 12.8. The second kappa shape index (κ2) is 6.05. The highest BCUT2D eigenvalue weighted by Crippen LogP contribution is 2.31. The molecule has 0 aliphatic heterocycles. The molecular formula is C15H15NO4S. The molecule has 0 aliphatic carbocycles. The van der Waals surface area contributed by atoms with Crippen LogP contribution in [0.1, 0.15) is 11.1 Å². The predicted octanol–water partition coefficient (Wildman–Crippen LogP) is 3.74. The van der Waals surface area contributed by atoms with Crippen LogP contribution in [0.4, 0.5) is 5.69 Å². The Bertz CT molecular complexity index is 728. The van der Waals surface area contributed by atoms with Crippen molar-refractivity contribution < 1.29 is 13.9 Å². The van der Waals surface area contributed by atoms with Crippen LogP contribution in [0.15, 0.2) is 41.3 Å². The molecule has 0 saturated heterocycles. The molecule has 1 atom stereocenters. The quantitative estimate of drug-likeness (QED) is 0.637. The van der Waals surface area contributed by atoms with Crippen molar-refractivity contribution in [2.45, 2.75) is 18.7 Å². The number of ether oxygens (including phenoxy) is 1. The molecule has 2 aromatic carbocycles. The van der Waals surface area contributed by atoms with Crippen LogP contribution in [0.3, 0.4) is 0 Å². The van der Waals surface area contributed by atoms with Gasteiger partial charge in [-0.2, -0.15) is 0 Å². The fourth-order valence-electron chi connectivity index (χ4n) is 1.92. The van der Waals surface area contributed by atoms with Crippen LogP contribution >= 0.6 is 0 Å². The normalized spacial score (nSPS) is 12.0. The number of nitro benzene ring substituents is 1. The van der Waals surface area contributed by atoms with E-state index in [0.717, 1.165) is 0 Å². The number of rotatable bonds is 4. The first kappa shape index (κ1) is 15.2. The fraction of sp³-hybridized carbons (Fsp3) is 0.200. The van der Waals surface area contributed by atoms with Crippen LogP contribution in [0.2, 0.25) is 0 Å². The topological polar surface area (TPSA) is 69.4 Å². The SMILES string of the molecule is Cc1cc([N+](=O)[O-])c(C)cc1Oc1cccc(S(C)=O)c1. The number of benzene rings is 2. The van der Waals surface area contributed by atoms with Crippen molar-refractivity contribution >= 4 is 16.5 Å². The van der Waals surface area contributed by atoms with E-state index in [1.54, 1.807) is 50.4 Å². The monoisotopic (exact) mass is 305 g/mol. The molecule has 0 spiro atoms. The van der Waals surface area contributed by atoms with Crippen molar-refractivity contribution in [3.05, 3.63) is 57.6 Å². The lowest BCUT2D eigenvalue weighted by Gasteiger charge is -2.10. The third kappa shape index (κ3) is 3.46. The number of nitro groups is 1. The Balaban J connectivity index is 2.36. The Morgan fingerprint density at radius 2 is 1.86 bits per heavy atom. The lowest BCUT2D eigenvalue weighted by Crippen LogP contribution is -1.96. The summed E-state index contributed by atoms with van der Waals surface area (Å²) in [5.41, 5.74) is 1.29. The van der Waals surface area contributed by atoms with E-state index in [1.807, 2.05) is 0 Å².